The molecule has 5 rings (SSSR count). The fourth-order valence-corrected chi connectivity index (χ4v) is 13.0. The summed E-state index contributed by atoms with van der Waals surface area (Å²) in [5.41, 5.74) is 2.70. The number of ether oxygens (including phenoxy) is 5. The van der Waals surface area contributed by atoms with E-state index in [2.05, 4.69) is 69.9 Å². The van der Waals surface area contributed by atoms with Crippen molar-refractivity contribution in [2.75, 3.05) is 66.1 Å². The normalized spacial score (nSPS) is 29.4. The molecule has 1 heterocycles. The Morgan fingerprint density at radius 2 is 1.48 bits per heavy atom. The summed E-state index contributed by atoms with van der Waals surface area (Å²) in [6.07, 6.45) is 48.1. The summed E-state index contributed by atoms with van der Waals surface area (Å²) < 4.78 is 30.8. The Balaban J connectivity index is 0.884. The molecule has 5 aliphatic rings. The fraction of sp³-hybridized carbons (Fsp3) is 0.895. The highest BCUT2D eigenvalue weighted by atomic mass is 16.7. The number of rotatable bonds is 34. The van der Waals surface area contributed by atoms with Crippen molar-refractivity contribution in [3.8, 4) is 0 Å². The van der Waals surface area contributed by atoms with Crippen LogP contribution in [-0.4, -0.2) is 83.2 Å². The molecule has 0 aromatic heterocycles. The fourth-order valence-electron chi connectivity index (χ4n) is 13.0. The maximum absolute atomic E-state index is 6.50. The van der Waals surface area contributed by atoms with Crippen molar-refractivity contribution in [3.05, 3.63) is 36.0 Å². The second-order valence-electron chi connectivity index (χ2n) is 21.9. The van der Waals surface area contributed by atoms with E-state index in [9.17, 15) is 0 Å². The molecule has 1 saturated heterocycles. The molecule has 0 amide bonds. The van der Waals surface area contributed by atoms with Crippen LogP contribution in [0.4, 0.5) is 0 Å². The van der Waals surface area contributed by atoms with Crippen molar-refractivity contribution in [3.63, 3.8) is 0 Å². The van der Waals surface area contributed by atoms with Crippen molar-refractivity contribution < 1.29 is 23.7 Å². The minimum absolute atomic E-state index is 0.0425. The Morgan fingerprint density at radius 3 is 2.27 bits per heavy atom. The number of unbranched alkanes of at least 4 members (excludes halogenated alkanes) is 10. The van der Waals surface area contributed by atoms with Crippen LogP contribution in [0.1, 0.15) is 208 Å². The highest BCUT2D eigenvalue weighted by Crippen LogP contribution is 2.67. The summed E-state index contributed by atoms with van der Waals surface area (Å²) in [4.78, 5) is 2.54. The monoisotopic (exact) mass is 880 g/mol. The predicted octanol–water partition coefficient (Wildman–Crippen LogP) is 14.9. The molecule has 3 saturated carbocycles. The maximum Gasteiger partial charge on any atom is 0.146 e. The molecule has 0 spiro atoms. The van der Waals surface area contributed by atoms with Gasteiger partial charge < -0.3 is 28.6 Å². The SMILES string of the molecule is CCCCC/C=C\C/C=C\CCCCCCCCOCOCC(CN1CCCCC1)OCCOCCO[C@H]1CC[C@@]2(C)C(=CC[C@H]3C4CCC(CCCCC(C)C)[C@@]4(C)CCC32)C1. The van der Waals surface area contributed by atoms with Gasteiger partial charge in [-0.3, -0.25) is 0 Å². The van der Waals surface area contributed by atoms with E-state index in [1.165, 1.54) is 154 Å². The Kier molecular flexibility index (Phi) is 25.5. The molecule has 0 N–H and O–H groups in total. The van der Waals surface area contributed by atoms with Crippen LogP contribution in [0.2, 0.25) is 0 Å². The number of likely N-dealkylation sites (tertiary alicyclic amines) is 1. The van der Waals surface area contributed by atoms with E-state index < -0.39 is 0 Å². The quantitative estimate of drug-likeness (QED) is 0.0365. The summed E-state index contributed by atoms with van der Waals surface area (Å²) in [6, 6.07) is 0. The molecule has 0 radical (unpaired) electrons. The summed E-state index contributed by atoms with van der Waals surface area (Å²) in [5, 5.41) is 0. The topological polar surface area (TPSA) is 49.4 Å². The predicted molar refractivity (Wildman–Crippen MR) is 265 cm³/mol. The largest absolute Gasteiger partial charge is 0.377 e. The molecule has 0 bridgehead atoms. The summed E-state index contributed by atoms with van der Waals surface area (Å²) in [6.45, 7) is 19.8. The van der Waals surface area contributed by atoms with Gasteiger partial charge >= 0.3 is 0 Å². The average molecular weight is 880 g/mol. The third kappa shape index (κ3) is 18.2. The van der Waals surface area contributed by atoms with Gasteiger partial charge in [0.05, 0.1) is 45.2 Å². The smallest absolute Gasteiger partial charge is 0.146 e. The third-order valence-electron chi connectivity index (χ3n) is 16.9. The number of nitrogens with zero attached hydrogens (tertiary/aromatic N) is 1. The Labute approximate surface area is 389 Å². The van der Waals surface area contributed by atoms with E-state index in [-0.39, 0.29) is 6.10 Å². The van der Waals surface area contributed by atoms with E-state index in [0.717, 1.165) is 75.1 Å². The van der Waals surface area contributed by atoms with Gasteiger partial charge in [-0.25, -0.2) is 0 Å². The second kappa shape index (κ2) is 30.4. The zero-order chi connectivity index (χ0) is 44.4. The van der Waals surface area contributed by atoms with Gasteiger partial charge in [-0.1, -0.05) is 135 Å². The lowest BCUT2D eigenvalue weighted by Gasteiger charge is -2.58. The second-order valence-corrected chi connectivity index (χ2v) is 21.9. The van der Waals surface area contributed by atoms with E-state index in [0.29, 0.717) is 56.8 Å². The lowest BCUT2D eigenvalue weighted by atomic mass is 9.47. The number of hydrogen-bond acceptors (Lipinski definition) is 6. The number of piperidine rings is 1. The standard InChI is InChI=1S/C57H101NO5/c1-6-7-8-9-10-11-12-13-14-15-16-17-18-19-20-26-39-60-47-61-46-52(45-58-37-24-21-25-38-58)63-43-41-59-40-42-62-51-33-35-57(5)50(44-51)29-31-53-54-32-30-49(28-23-22-27-48(2)3)56(54,4)36-34-55(53)57/h10-11,13-14,29,48-49,51-55H,6-9,12,15-28,30-47H2,1-5H3/b11-10-,14-13-/t49?,51-,52?,53-,54?,55?,56+,57-/m0/s1. The first-order chi connectivity index (χ1) is 30.8. The zero-order valence-electron chi connectivity index (χ0n) is 42.1. The Bertz CT molecular complexity index is 1270. The molecule has 6 heteroatoms. The molecule has 4 aliphatic carbocycles. The summed E-state index contributed by atoms with van der Waals surface area (Å²) >= 11 is 0. The molecule has 364 valence electrons. The molecule has 4 unspecified atom stereocenters. The van der Waals surface area contributed by atoms with E-state index in [1.54, 1.807) is 5.57 Å². The van der Waals surface area contributed by atoms with Crippen molar-refractivity contribution in [2.24, 2.45) is 40.4 Å². The summed E-state index contributed by atoms with van der Waals surface area (Å²) in [7, 11) is 0. The first-order valence-corrected chi connectivity index (χ1v) is 27.5. The maximum atomic E-state index is 6.50. The molecule has 4 fully saturated rings. The lowest BCUT2D eigenvalue weighted by Crippen LogP contribution is -2.50. The van der Waals surface area contributed by atoms with Crippen LogP contribution in [0.5, 0.6) is 0 Å². The van der Waals surface area contributed by atoms with Gasteiger partial charge in [-0.2, -0.15) is 0 Å². The van der Waals surface area contributed by atoms with Crippen molar-refractivity contribution in [1.82, 2.24) is 4.90 Å². The molecule has 63 heavy (non-hydrogen) atoms. The van der Waals surface area contributed by atoms with Gasteiger partial charge in [0.25, 0.3) is 0 Å². The molecule has 6 nitrogen and oxygen atoms in total. The van der Waals surface area contributed by atoms with Crippen LogP contribution in [0.3, 0.4) is 0 Å². The van der Waals surface area contributed by atoms with Crippen LogP contribution in [0.15, 0.2) is 36.0 Å². The number of hydrogen-bond donors (Lipinski definition) is 0. The molecule has 0 aromatic carbocycles. The van der Waals surface area contributed by atoms with Crippen LogP contribution in [0, 0.1) is 40.4 Å². The van der Waals surface area contributed by atoms with Gasteiger partial charge in [-0.15, -0.1) is 0 Å². The van der Waals surface area contributed by atoms with Gasteiger partial charge in [-0.05, 0) is 163 Å². The average Bonchev–Trinajstić information content (AvgIpc) is 3.62. The Hall–Kier alpha value is -1.02. The Morgan fingerprint density at radius 1 is 0.714 bits per heavy atom. The van der Waals surface area contributed by atoms with Gasteiger partial charge in [0.2, 0.25) is 0 Å². The van der Waals surface area contributed by atoms with Crippen LogP contribution >= 0.6 is 0 Å². The van der Waals surface area contributed by atoms with Gasteiger partial charge in [0.15, 0.2) is 0 Å². The molecular weight excluding hydrogens is 779 g/mol. The van der Waals surface area contributed by atoms with Crippen molar-refractivity contribution in [2.45, 2.75) is 220 Å². The first-order valence-electron chi connectivity index (χ1n) is 27.5. The molecule has 0 aromatic rings. The molecular formula is C57H101NO5. The van der Waals surface area contributed by atoms with Gasteiger partial charge in [0.1, 0.15) is 6.79 Å². The highest BCUT2D eigenvalue weighted by molar-refractivity contribution is 5.25. The minimum Gasteiger partial charge on any atom is -0.377 e. The number of fused-ring (bicyclic) bond motifs is 5. The first kappa shape index (κ1) is 52.9. The van der Waals surface area contributed by atoms with Crippen molar-refractivity contribution in [1.29, 1.82) is 0 Å². The molecule has 1 aliphatic heterocycles. The number of allylic oxidation sites excluding steroid dienone is 5. The highest BCUT2D eigenvalue weighted by Gasteiger charge is 2.58. The van der Waals surface area contributed by atoms with Crippen LogP contribution in [0.25, 0.3) is 0 Å². The zero-order valence-corrected chi connectivity index (χ0v) is 42.1. The molecule has 8 atom stereocenters. The lowest BCUT2D eigenvalue weighted by molar-refractivity contribution is -0.106. The van der Waals surface area contributed by atoms with E-state index in [1.807, 2.05) is 0 Å². The van der Waals surface area contributed by atoms with Crippen LogP contribution in [-0.2, 0) is 23.7 Å². The third-order valence-corrected chi connectivity index (χ3v) is 16.9. The van der Waals surface area contributed by atoms with Gasteiger partial charge in [0, 0.05) is 13.2 Å². The minimum atomic E-state index is 0.0425. The van der Waals surface area contributed by atoms with Crippen molar-refractivity contribution >= 4 is 0 Å². The van der Waals surface area contributed by atoms with Crippen LogP contribution < -0.4 is 0 Å². The van der Waals surface area contributed by atoms with E-state index in [4.69, 9.17) is 23.7 Å². The summed E-state index contributed by atoms with van der Waals surface area (Å²) in [5.74, 6) is 4.54. The van der Waals surface area contributed by atoms with E-state index >= 15 is 0 Å².